The lowest BCUT2D eigenvalue weighted by molar-refractivity contribution is -0.115. The molecule has 0 bridgehead atoms. The van der Waals surface area contributed by atoms with Crippen LogP contribution in [0.25, 0.3) is 0 Å². The molecule has 0 saturated heterocycles. The number of carbonyl (C=O) groups excluding carboxylic acids is 1. The summed E-state index contributed by atoms with van der Waals surface area (Å²) in [6.45, 7) is 8.32. The quantitative estimate of drug-likeness (QED) is 0.864. The molecule has 2 nitrogen and oxygen atoms in total. The summed E-state index contributed by atoms with van der Waals surface area (Å²) >= 11 is 1.70. The van der Waals surface area contributed by atoms with Gasteiger partial charge in [0.25, 0.3) is 0 Å². The van der Waals surface area contributed by atoms with Crippen molar-refractivity contribution in [3.63, 3.8) is 0 Å². The van der Waals surface area contributed by atoms with Crippen LogP contribution in [0.2, 0.25) is 0 Å². The van der Waals surface area contributed by atoms with Gasteiger partial charge in [0.2, 0.25) is 5.91 Å². The first kappa shape index (κ1) is 14.1. The Bertz CT molecular complexity index is 359. The second kappa shape index (κ2) is 6.70. The Kier molecular flexibility index (Phi) is 5.56. The van der Waals surface area contributed by atoms with Crippen molar-refractivity contribution in [2.75, 3.05) is 11.1 Å². The largest absolute Gasteiger partial charge is 0.325 e. The molecular formula is C14H21NOS. The van der Waals surface area contributed by atoms with Crippen LogP contribution in [0.4, 0.5) is 5.69 Å². The Morgan fingerprint density at radius 1 is 1.24 bits per heavy atom. The lowest BCUT2D eigenvalue weighted by atomic mass is 10.2. The molecule has 1 unspecified atom stereocenters. The van der Waals surface area contributed by atoms with Gasteiger partial charge in [0.05, 0.1) is 5.25 Å². The summed E-state index contributed by atoms with van der Waals surface area (Å²) in [4.78, 5) is 11.9. The highest BCUT2D eigenvalue weighted by molar-refractivity contribution is 8.00. The number of benzene rings is 1. The van der Waals surface area contributed by atoms with E-state index in [0.717, 1.165) is 11.4 Å². The maximum absolute atomic E-state index is 11.9. The molecule has 1 rings (SSSR count). The molecule has 0 radical (unpaired) electrons. The molecule has 94 valence electrons. The van der Waals surface area contributed by atoms with Crippen LogP contribution in [0.15, 0.2) is 24.3 Å². The van der Waals surface area contributed by atoms with Crippen molar-refractivity contribution in [3.8, 4) is 0 Å². The molecule has 17 heavy (non-hydrogen) atoms. The number of hydrogen-bond donors (Lipinski definition) is 1. The van der Waals surface area contributed by atoms with Crippen molar-refractivity contribution in [3.05, 3.63) is 29.8 Å². The second-order valence-electron chi connectivity index (χ2n) is 4.72. The number of rotatable bonds is 5. The first-order valence-electron chi connectivity index (χ1n) is 5.98. The maximum atomic E-state index is 11.9. The molecule has 1 N–H and O–H groups in total. The molecular weight excluding hydrogens is 230 g/mol. The van der Waals surface area contributed by atoms with E-state index >= 15 is 0 Å². The van der Waals surface area contributed by atoms with Crippen molar-refractivity contribution in [2.45, 2.75) is 32.9 Å². The smallest absolute Gasteiger partial charge is 0.237 e. The van der Waals surface area contributed by atoms with E-state index in [4.69, 9.17) is 0 Å². The Balaban J connectivity index is 2.45. The van der Waals surface area contributed by atoms with Gasteiger partial charge in [0.15, 0.2) is 0 Å². The van der Waals surface area contributed by atoms with E-state index < -0.39 is 0 Å². The van der Waals surface area contributed by atoms with Gasteiger partial charge in [-0.25, -0.2) is 0 Å². The maximum Gasteiger partial charge on any atom is 0.237 e. The minimum absolute atomic E-state index is 0.00120. The van der Waals surface area contributed by atoms with Gasteiger partial charge in [-0.1, -0.05) is 31.5 Å². The van der Waals surface area contributed by atoms with Gasteiger partial charge in [-0.15, -0.1) is 11.8 Å². The van der Waals surface area contributed by atoms with Gasteiger partial charge in [0, 0.05) is 5.69 Å². The number of thioether (sulfide) groups is 1. The molecule has 0 aliphatic rings. The number of aryl methyl sites for hydroxylation is 1. The number of carbonyl (C=O) groups is 1. The van der Waals surface area contributed by atoms with Crippen molar-refractivity contribution in [1.29, 1.82) is 0 Å². The molecule has 0 aliphatic heterocycles. The highest BCUT2D eigenvalue weighted by Gasteiger charge is 2.13. The van der Waals surface area contributed by atoms with E-state index in [-0.39, 0.29) is 11.2 Å². The van der Waals surface area contributed by atoms with E-state index in [9.17, 15) is 4.79 Å². The number of hydrogen-bond acceptors (Lipinski definition) is 2. The van der Waals surface area contributed by atoms with Gasteiger partial charge in [0.1, 0.15) is 0 Å². The summed E-state index contributed by atoms with van der Waals surface area (Å²) in [7, 11) is 0. The number of amides is 1. The highest BCUT2D eigenvalue weighted by atomic mass is 32.2. The third-order valence-corrected chi connectivity index (χ3v) is 3.94. The monoisotopic (exact) mass is 251 g/mol. The average molecular weight is 251 g/mol. The van der Waals surface area contributed by atoms with Gasteiger partial charge >= 0.3 is 0 Å². The predicted molar refractivity (Wildman–Crippen MR) is 76.6 cm³/mol. The molecule has 0 aromatic heterocycles. The molecule has 3 heteroatoms. The Labute approximate surface area is 108 Å². The first-order chi connectivity index (χ1) is 7.99. The minimum atomic E-state index is -0.00120. The lowest BCUT2D eigenvalue weighted by Gasteiger charge is -2.13. The van der Waals surface area contributed by atoms with E-state index in [2.05, 4.69) is 19.2 Å². The van der Waals surface area contributed by atoms with Crippen molar-refractivity contribution < 1.29 is 4.79 Å². The Morgan fingerprint density at radius 3 is 2.35 bits per heavy atom. The zero-order valence-electron chi connectivity index (χ0n) is 11.0. The molecule has 0 saturated carbocycles. The van der Waals surface area contributed by atoms with Gasteiger partial charge in [-0.05, 0) is 37.7 Å². The van der Waals surface area contributed by atoms with E-state index in [1.54, 1.807) is 11.8 Å². The normalized spacial score (nSPS) is 12.5. The van der Waals surface area contributed by atoms with Gasteiger partial charge in [-0.2, -0.15) is 0 Å². The molecule has 0 aliphatic carbocycles. The minimum Gasteiger partial charge on any atom is -0.325 e. The summed E-state index contributed by atoms with van der Waals surface area (Å²) in [5, 5.41) is 2.93. The van der Waals surface area contributed by atoms with Gasteiger partial charge in [-0.3, -0.25) is 4.79 Å². The van der Waals surface area contributed by atoms with Crippen LogP contribution < -0.4 is 5.32 Å². The topological polar surface area (TPSA) is 29.1 Å². The van der Waals surface area contributed by atoms with E-state index in [1.165, 1.54) is 5.56 Å². The molecule has 1 aromatic rings. The van der Waals surface area contributed by atoms with Crippen LogP contribution in [-0.2, 0) is 4.79 Å². The zero-order valence-corrected chi connectivity index (χ0v) is 11.8. The summed E-state index contributed by atoms with van der Waals surface area (Å²) in [5.41, 5.74) is 2.07. The van der Waals surface area contributed by atoms with Crippen LogP contribution in [-0.4, -0.2) is 16.9 Å². The fourth-order valence-corrected chi connectivity index (χ4v) is 2.18. The van der Waals surface area contributed by atoms with Crippen molar-refractivity contribution >= 4 is 23.4 Å². The molecule has 1 atom stereocenters. The summed E-state index contributed by atoms with van der Waals surface area (Å²) in [5.74, 6) is 1.72. The molecule has 0 spiro atoms. The number of anilines is 1. The van der Waals surface area contributed by atoms with Crippen LogP contribution in [0.3, 0.4) is 0 Å². The summed E-state index contributed by atoms with van der Waals surface area (Å²) < 4.78 is 0. The molecule has 1 amide bonds. The van der Waals surface area contributed by atoms with E-state index in [0.29, 0.717) is 5.92 Å². The van der Waals surface area contributed by atoms with Crippen LogP contribution in [0.5, 0.6) is 0 Å². The van der Waals surface area contributed by atoms with Crippen molar-refractivity contribution in [2.24, 2.45) is 5.92 Å². The van der Waals surface area contributed by atoms with Crippen LogP contribution in [0, 0.1) is 12.8 Å². The Hall–Kier alpha value is -0.960. The predicted octanol–water partition coefficient (Wildman–Crippen LogP) is 3.71. The van der Waals surface area contributed by atoms with E-state index in [1.807, 2.05) is 38.1 Å². The molecule has 0 fully saturated rings. The average Bonchev–Trinajstić information content (AvgIpc) is 2.28. The lowest BCUT2D eigenvalue weighted by Crippen LogP contribution is -2.23. The fraction of sp³-hybridized carbons (Fsp3) is 0.500. The Morgan fingerprint density at radius 2 is 1.82 bits per heavy atom. The third kappa shape index (κ3) is 5.26. The van der Waals surface area contributed by atoms with Crippen molar-refractivity contribution in [1.82, 2.24) is 0 Å². The van der Waals surface area contributed by atoms with Gasteiger partial charge < -0.3 is 5.32 Å². The molecule has 1 aromatic carbocycles. The highest BCUT2D eigenvalue weighted by Crippen LogP contribution is 2.17. The summed E-state index contributed by atoms with van der Waals surface area (Å²) in [6, 6.07) is 7.88. The third-order valence-electron chi connectivity index (χ3n) is 2.37. The fourth-order valence-electron chi connectivity index (χ4n) is 1.29. The summed E-state index contributed by atoms with van der Waals surface area (Å²) in [6.07, 6.45) is 0. The SMILES string of the molecule is Cc1ccc(NC(=O)C(C)SCC(C)C)cc1. The first-order valence-corrected chi connectivity index (χ1v) is 7.03. The molecule has 0 heterocycles. The van der Waals surface area contributed by atoms with Crippen LogP contribution >= 0.6 is 11.8 Å². The van der Waals surface area contributed by atoms with Crippen LogP contribution in [0.1, 0.15) is 26.3 Å². The second-order valence-corrected chi connectivity index (χ2v) is 6.10. The standard InChI is InChI=1S/C14H21NOS/c1-10(2)9-17-12(4)14(16)15-13-7-5-11(3)6-8-13/h5-8,10,12H,9H2,1-4H3,(H,15,16). The zero-order chi connectivity index (χ0) is 12.8. The number of nitrogens with one attached hydrogen (secondary N) is 1.